The first-order chi connectivity index (χ1) is 11.3. The predicted octanol–water partition coefficient (Wildman–Crippen LogP) is 1.32. The topological polar surface area (TPSA) is 63.9 Å². The van der Waals surface area contributed by atoms with Crippen LogP contribution in [0, 0.1) is 0 Å². The van der Waals surface area contributed by atoms with Gasteiger partial charge in [-0.25, -0.2) is 4.98 Å². The van der Waals surface area contributed by atoms with Gasteiger partial charge in [-0.1, -0.05) is 12.1 Å². The van der Waals surface area contributed by atoms with Crippen molar-refractivity contribution < 1.29 is 9.53 Å². The average Bonchev–Trinajstić information content (AvgIpc) is 2.62. The monoisotopic (exact) mass is 309 g/mol. The van der Waals surface area contributed by atoms with E-state index in [2.05, 4.69) is 4.98 Å². The molecule has 116 valence electrons. The van der Waals surface area contributed by atoms with Crippen molar-refractivity contribution in [2.45, 2.75) is 0 Å². The first-order valence-corrected chi connectivity index (χ1v) is 7.53. The summed E-state index contributed by atoms with van der Waals surface area (Å²) in [7, 11) is 0. The molecule has 1 amide bonds. The first kappa shape index (κ1) is 13.9. The lowest BCUT2D eigenvalue weighted by atomic mass is 10.2. The summed E-state index contributed by atoms with van der Waals surface area (Å²) < 4.78 is 6.73. The third-order valence-electron chi connectivity index (χ3n) is 4.08. The Balaban J connectivity index is 1.93. The summed E-state index contributed by atoms with van der Waals surface area (Å²) in [6, 6.07) is 10.6. The van der Waals surface area contributed by atoms with E-state index >= 15 is 0 Å². The molecule has 0 radical (unpaired) electrons. The highest BCUT2D eigenvalue weighted by Crippen LogP contribution is 2.15. The van der Waals surface area contributed by atoms with Gasteiger partial charge in [0, 0.05) is 19.3 Å². The van der Waals surface area contributed by atoms with E-state index < -0.39 is 0 Å². The fourth-order valence-electron chi connectivity index (χ4n) is 2.88. The lowest BCUT2D eigenvalue weighted by Gasteiger charge is -2.27. The quantitative estimate of drug-likeness (QED) is 0.636. The molecule has 1 aromatic carbocycles. The summed E-state index contributed by atoms with van der Waals surface area (Å²) in [5.41, 5.74) is 1.27. The molecule has 0 bridgehead atoms. The minimum absolute atomic E-state index is 0.117. The van der Waals surface area contributed by atoms with Crippen molar-refractivity contribution in [3.63, 3.8) is 0 Å². The number of carbonyl (C=O) groups excluding carboxylic acids is 1. The lowest BCUT2D eigenvalue weighted by Crippen LogP contribution is -2.41. The van der Waals surface area contributed by atoms with E-state index in [-0.39, 0.29) is 11.5 Å². The van der Waals surface area contributed by atoms with Crippen molar-refractivity contribution >= 4 is 22.5 Å². The highest BCUT2D eigenvalue weighted by Gasteiger charge is 2.21. The molecule has 0 aliphatic carbocycles. The number of ether oxygens (including phenoxy) is 1. The average molecular weight is 309 g/mol. The zero-order valence-electron chi connectivity index (χ0n) is 12.4. The molecule has 1 saturated heterocycles. The van der Waals surface area contributed by atoms with E-state index in [9.17, 15) is 9.59 Å². The van der Waals surface area contributed by atoms with Crippen LogP contribution in [0.15, 0.2) is 47.4 Å². The fourth-order valence-corrected chi connectivity index (χ4v) is 2.88. The van der Waals surface area contributed by atoms with Gasteiger partial charge in [-0.3, -0.25) is 14.0 Å². The number of pyridine rings is 1. The molecule has 0 spiro atoms. The largest absolute Gasteiger partial charge is 0.378 e. The minimum Gasteiger partial charge on any atom is -0.378 e. The van der Waals surface area contributed by atoms with Gasteiger partial charge in [0.1, 0.15) is 0 Å². The van der Waals surface area contributed by atoms with Gasteiger partial charge in [0.15, 0.2) is 5.65 Å². The number of aromatic nitrogens is 2. The second-order valence-electron chi connectivity index (χ2n) is 5.45. The number of hydrogen-bond donors (Lipinski definition) is 0. The van der Waals surface area contributed by atoms with Crippen LogP contribution in [0.4, 0.5) is 0 Å². The predicted molar refractivity (Wildman–Crippen MR) is 85.7 cm³/mol. The van der Waals surface area contributed by atoms with Crippen LogP contribution in [0.1, 0.15) is 10.4 Å². The third-order valence-corrected chi connectivity index (χ3v) is 4.08. The molecular formula is C17H15N3O3. The van der Waals surface area contributed by atoms with Crippen LogP contribution in [0.3, 0.4) is 0 Å². The van der Waals surface area contributed by atoms with Crippen molar-refractivity contribution in [2.75, 3.05) is 26.3 Å². The highest BCUT2D eigenvalue weighted by atomic mass is 16.5. The van der Waals surface area contributed by atoms with Crippen LogP contribution >= 0.6 is 0 Å². The second kappa shape index (κ2) is 5.48. The van der Waals surface area contributed by atoms with E-state index in [1.807, 2.05) is 6.07 Å². The molecule has 0 N–H and O–H groups in total. The van der Waals surface area contributed by atoms with Crippen LogP contribution in [0.5, 0.6) is 0 Å². The van der Waals surface area contributed by atoms with Gasteiger partial charge in [-0.2, -0.15) is 0 Å². The molecule has 1 aliphatic rings. The SMILES string of the molecule is O=C(c1cccn2c(=O)c3ccccc3nc12)N1CCOCC1. The van der Waals surface area contributed by atoms with Gasteiger partial charge in [-0.05, 0) is 24.3 Å². The number of hydrogen-bond acceptors (Lipinski definition) is 4. The van der Waals surface area contributed by atoms with Gasteiger partial charge in [0.2, 0.25) is 0 Å². The Kier molecular flexibility index (Phi) is 3.31. The fraction of sp³-hybridized carbons (Fsp3) is 0.235. The summed E-state index contributed by atoms with van der Waals surface area (Å²) in [4.78, 5) is 31.7. The van der Waals surface area contributed by atoms with Gasteiger partial charge in [-0.15, -0.1) is 0 Å². The maximum atomic E-state index is 12.8. The summed E-state index contributed by atoms with van der Waals surface area (Å²) >= 11 is 0. The number of morpholine rings is 1. The molecule has 0 saturated carbocycles. The first-order valence-electron chi connectivity index (χ1n) is 7.53. The molecule has 23 heavy (non-hydrogen) atoms. The molecule has 1 fully saturated rings. The van der Waals surface area contributed by atoms with Gasteiger partial charge in [0.05, 0.1) is 29.7 Å². The molecule has 6 nitrogen and oxygen atoms in total. The second-order valence-corrected chi connectivity index (χ2v) is 5.45. The summed E-state index contributed by atoms with van der Waals surface area (Å²) in [6.45, 7) is 2.18. The molecular weight excluding hydrogens is 294 g/mol. The maximum Gasteiger partial charge on any atom is 0.265 e. The molecule has 3 heterocycles. The van der Waals surface area contributed by atoms with Gasteiger partial charge < -0.3 is 9.64 Å². The Bertz CT molecular complexity index is 958. The lowest BCUT2D eigenvalue weighted by molar-refractivity contribution is 0.0304. The summed E-state index contributed by atoms with van der Waals surface area (Å²) in [5, 5.41) is 0.543. The molecule has 4 rings (SSSR count). The smallest absolute Gasteiger partial charge is 0.265 e. The Morgan fingerprint density at radius 3 is 2.70 bits per heavy atom. The molecule has 6 heteroatoms. The number of rotatable bonds is 1. The zero-order valence-corrected chi connectivity index (χ0v) is 12.4. The van der Waals surface area contributed by atoms with Crippen molar-refractivity contribution in [2.24, 2.45) is 0 Å². The number of carbonyl (C=O) groups is 1. The Morgan fingerprint density at radius 2 is 1.87 bits per heavy atom. The normalized spacial score (nSPS) is 15.2. The van der Waals surface area contributed by atoms with Gasteiger partial charge in [0.25, 0.3) is 11.5 Å². The van der Waals surface area contributed by atoms with Crippen molar-refractivity contribution in [3.8, 4) is 0 Å². The van der Waals surface area contributed by atoms with E-state index in [1.54, 1.807) is 41.4 Å². The summed E-state index contributed by atoms with van der Waals surface area (Å²) in [5.74, 6) is -0.117. The summed E-state index contributed by atoms with van der Waals surface area (Å²) in [6.07, 6.45) is 1.65. The Hall–Kier alpha value is -2.73. The van der Waals surface area contributed by atoms with Crippen LogP contribution in [0.2, 0.25) is 0 Å². The van der Waals surface area contributed by atoms with Crippen LogP contribution in [0.25, 0.3) is 16.6 Å². The zero-order chi connectivity index (χ0) is 15.8. The molecule has 0 unspecified atom stereocenters. The third kappa shape index (κ3) is 2.27. The van der Waals surface area contributed by atoms with E-state index in [0.717, 1.165) is 0 Å². The van der Waals surface area contributed by atoms with Crippen molar-refractivity contribution in [3.05, 3.63) is 58.5 Å². The highest BCUT2D eigenvalue weighted by molar-refractivity contribution is 6.00. The molecule has 1 aliphatic heterocycles. The van der Waals surface area contributed by atoms with Crippen LogP contribution in [-0.4, -0.2) is 46.5 Å². The van der Waals surface area contributed by atoms with E-state index in [4.69, 9.17) is 4.74 Å². The molecule has 2 aromatic heterocycles. The van der Waals surface area contributed by atoms with Gasteiger partial charge >= 0.3 is 0 Å². The number of fused-ring (bicyclic) bond motifs is 2. The van der Waals surface area contributed by atoms with Crippen LogP contribution in [-0.2, 0) is 4.74 Å². The van der Waals surface area contributed by atoms with E-state index in [0.29, 0.717) is 48.4 Å². The standard InChI is InChI=1S/C17H15N3O3/c21-16(19-8-10-23-11-9-19)13-5-3-7-20-15(13)18-14-6-2-1-4-12(14)17(20)22/h1-7H,8-11H2. The minimum atomic E-state index is -0.165. The molecule has 3 aromatic rings. The van der Waals surface area contributed by atoms with Crippen LogP contribution < -0.4 is 5.56 Å². The Morgan fingerprint density at radius 1 is 1.09 bits per heavy atom. The Labute approximate surface area is 131 Å². The number of para-hydroxylation sites is 1. The number of benzene rings is 1. The molecule has 0 atom stereocenters. The van der Waals surface area contributed by atoms with Crippen molar-refractivity contribution in [1.82, 2.24) is 14.3 Å². The number of nitrogens with zero attached hydrogens (tertiary/aromatic N) is 3. The van der Waals surface area contributed by atoms with Crippen molar-refractivity contribution in [1.29, 1.82) is 0 Å². The van der Waals surface area contributed by atoms with E-state index in [1.165, 1.54) is 4.40 Å². The maximum absolute atomic E-state index is 12.8. The number of amides is 1.